The van der Waals surface area contributed by atoms with Gasteiger partial charge in [-0.2, -0.15) is 0 Å². The molecule has 5 nitrogen and oxygen atoms in total. The first-order chi connectivity index (χ1) is 10.1. The van der Waals surface area contributed by atoms with Gasteiger partial charge >= 0.3 is 0 Å². The molecular formula is C14H8Cl2N4O. The Kier molecular flexibility index (Phi) is 3.68. The summed E-state index contributed by atoms with van der Waals surface area (Å²) >= 11 is 11.7. The molecule has 1 amide bonds. The molecule has 0 bridgehead atoms. The van der Waals surface area contributed by atoms with Gasteiger partial charge in [0.15, 0.2) is 0 Å². The molecule has 1 N–H and O–H groups in total. The minimum atomic E-state index is -0.409. The Hall–Kier alpha value is -2.24. The quantitative estimate of drug-likeness (QED) is 0.784. The van der Waals surface area contributed by atoms with Gasteiger partial charge in [0.05, 0.1) is 23.6 Å². The number of anilines is 1. The highest BCUT2D eigenvalue weighted by Gasteiger charge is 2.11. The molecule has 0 aliphatic heterocycles. The molecule has 7 heteroatoms. The number of benzene rings is 1. The third-order valence-corrected chi connectivity index (χ3v) is 3.18. The maximum atomic E-state index is 12.2. The number of hydrogen-bond acceptors (Lipinski definition) is 4. The van der Waals surface area contributed by atoms with Crippen LogP contribution in [0.4, 0.5) is 5.69 Å². The van der Waals surface area contributed by atoms with Crippen molar-refractivity contribution in [2.75, 3.05) is 5.32 Å². The van der Waals surface area contributed by atoms with E-state index in [-0.39, 0.29) is 10.8 Å². The van der Waals surface area contributed by atoms with Crippen molar-refractivity contribution in [1.29, 1.82) is 0 Å². The van der Waals surface area contributed by atoms with Crippen molar-refractivity contribution >= 4 is 45.7 Å². The van der Waals surface area contributed by atoms with Crippen LogP contribution < -0.4 is 5.32 Å². The molecule has 3 rings (SSSR count). The predicted molar refractivity (Wildman–Crippen MR) is 81.7 cm³/mol. The van der Waals surface area contributed by atoms with Crippen molar-refractivity contribution in [2.24, 2.45) is 0 Å². The molecule has 1 aromatic carbocycles. The number of amides is 1. The molecule has 0 unspecified atom stereocenters. The molecule has 21 heavy (non-hydrogen) atoms. The smallest absolute Gasteiger partial charge is 0.275 e. The Bertz CT molecular complexity index is 821. The highest BCUT2D eigenvalue weighted by atomic mass is 35.5. The summed E-state index contributed by atoms with van der Waals surface area (Å²) in [4.78, 5) is 24.1. The standard InChI is InChI=1S/C14H8Cl2N4O/c15-9-4-8-2-1-3-17-13(8)10(5-9)20-14(21)11-6-19-12(16)7-18-11/h1-7H,(H,20,21). The summed E-state index contributed by atoms with van der Waals surface area (Å²) in [5.74, 6) is -0.409. The Labute approximate surface area is 130 Å². The van der Waals surface area contributed by atoms with Crippen LogP contribution in [0, 0.1) is 0 Å². The van der Waals surface area contributed by atoms with Gasteiger partial charge in [0.25, 0.3) is 5.91 Å². The Morgan fingerprint density at radius 3 is 2.71 bits per heavy atom. The van der Waals surface area contributed by atoms with Crippen LogP contribution >= 0.6 is 23.2 Å². The summed E-state index contributed by atoms with van der Waals surface area (Å²) in [6, 6.07) is 7.08. The molecule has 2 aromatic heterocycles. The summed E-state index contributed by atoms with van der Waals surface area (Å²) in [7, 11) is 0. The zero-order valence-corrected chi connectivity index (χ0v) is 12.1. The van der Waals surface area contributed by atoms with Gasteiger partial charge < -0.3 is 5.32 Å². The van der Waals surface area contributed by atoms with Crippen molar-refractivity contribution in [2.45, 2.75) is 0 Å². The second kappa shape index (κ2) is 5.63. The lowest BCUT2D eigenvalue weighted by Crippen LogP contribution is -2.14. The number of aromatic nitrogens is 3. The minimum Gasteiger partial charge on any atom is -0.319 e. The average molecular weight is 319 g/mol. The van der Waals surface area contributed by atoms with E-state index in [2.05, 4.69) is 20.3 Å². The van der Waals surface area contributed by atoms with E-state index in [1.165, 1.54) is 12.4 Å². The lowest BCUT2D eigenvalue weighted by molar-refractivity contribution is 0.102. The molecule has 0 atom stereocenters. The Morgan fingerprint density at radius 1 is 1.10 bits per heavy atom. The highest BCUT2D eigenvalue weighted by Crippen LogP contribution is 2.26. The topological polar surface area (TPSA) is 67.8 Å². The SMILES string of the molecule is O=C(Nc1cc(Cl)cc2cccnc12)c1cnc(Cl)cn1. The van der Waals surface area contributed by atoms with Gasteiger partial charge in [-0.05, 0) is 18.2 Å². The molecule has 0 aliphatic rings. The fraction of sp³-hybridized carbons (Fsp3) is 0. The number of rotatable bonds is 2. The largest absolute Gasteiger partial charge is 0.319 e. The van der Waals surface area contributed by atoms with Crippen LogP contribution in [0.5, 0.6) is 0 Å². The number of pyridine rings is 1. The maximum Gasteiger partial charge on any atom is 0.275 e. The number of hydrogen-bond donors (Lipinski definition) is 1. The molecule has 104 valence electrons. The van der Waals surface area contributed by atoms with E-state index in [1.807, 2.05) is 6.07 Å². The fourth-order valence-electron chi connectivity index (χ4n) is 1.87. The van der Waals surface area contributed by atoms with Gasteiger partial charge in [-0.1, -0.05) is 29.3 Å². The molecule has 0 radical (unpaired) electrons. The van der Waals surface area contributed by atoms with Crippen molar-refractivity contribution in [3.8, 4) is 0 Å². The van der Waals surface area contributed by atoms with Crippen LogP contribution in [0.1, 0.15) is 10.5 Å². The summed E-state index contributed by atoms with van der Waals surface area (Å²) < 4.78 is 0. The maximum absolute atomic E-state index is 12.2. The van der Waals surface area contributed by atoms with Crippen molar-refractivity contribution in [3.63, 3.8) is 0 Å². The third-order valence-electron chi connectivity index (χ3n) is 2.77. The molecule has 0 saturated carbocycles. The highest BCUT2D eigenvalue weighted by molar-refractivity contribution is 6.32. The van der Waals surface area contributed by atoms with E-state index in [4.69, 9.17) is 23.2 Å². The number of halogens is 2. The Morgan fingerprint density at radius 2 is 1.95 bits per heavy atom. The predicted octanol–water partition coefficient (Wildman–Crippen LogP) is 3.58. The molecular weight excluding hydrogens is 311 g/mol. The normalized spacial score (nSPS) is 10.6. The van der Waals surface area contributed by atoms with Gasteiger partial charge in [-0.3, -0.25) is 9.78 Å². The van der Waals surface area contributed by atoms with E-state index >= 15 is 0 Å². The zero-order chi connectivity index (χ0) is 14.8. The van der Waals surface area contributed by atoms with E-state index in [0.717, 1.165) is 5.39 Å². The average Bonchev–Trinajstić information content (AvgIpc) is 2.47. The minimum absolute atomic E-state index is 0.156. The van der Waals surface area contributed by atoms with Crippen molar-refractivity contribution < 1.29 is 4.79 Å². The lowest BCUT2D eigenvalue weighted by atomic mass is 10.2. The van der Waals surface area contributed by atoms with E-state index in [9.17, 15) is 4.79 Å². The molecule has 0 fully saturated rings. The Balaban J connectivity index is 1.98. The van der Waals surface area contributed by atoms with E-state index < -0.39 is 5.91 Å². The summed E-state index contributed by atoms with van der Waals surface area (Å²) in [5, 5.41) is 4.30. The molecule has 0 saturated heterocycles. The van der Waals surface area contributed by atoms with E-state index in [1.54, 1.807) is 24.4 Å². The molecule has 2 heterocycles. The van der Waals surface area contributed by atoms with Gasteiger partial charge in [-0.15, -0.1) is 0 Å². The van der Waals surface area contributed by atoms with Crippen LogP contribution in [0.15, 0.2) is 42.9 Å². The monoisotopic (exact) mass is 318 g/mol. The second-order valence-corrected chi connectivity index (χ2v) is 5.03. The first kappa shape index (κ1) is 13.7. The molecule has 0 spiro atoms. The summed E-state index contributed by atoms with van der Waals surface area (Å²) in [5.41, 5.74) is 1.32. The number of fused-ring (bicyclic) bond motifs is 1. The van der Waals surface area contributed by atoms with Crippen LogP contribution in [0.2, 0.25) is 10.2 Å². The zero-order valence-electron chi connectivity index (χ0n) is 10.5. The first-order valence-corrected chi connectivity index (χ1v) is 6.72. The van der Waals surface area contributed by atoms with Crippen molar-refractivity contribution in [3.05, 3.63) is 58.7 Å². The van der Waals surface area contributed by atoms with Crippen LogP contribution in [-0.2, 0) is 0 Å². The van der Waals surface area contributed by atoms with Crippen LogP contribution in [-0.4, -0.2) is 20.9 Å². The van der Waals surface area contributed by atoms with Crippen LogP contribution in [0.25, 0.3) is 10.9 Å². The van der Waals surface area contributed by atoms with Crippen LogP contribution in [0.3, 0.4) is 0 Å². The number of carbonyl (C=O) groups excluding carboxylic acids is 1. The van der Waals surface area contributed by atoms with Crippen molar-refractivity contribution in [1.82, 2.24) is 15.0 Å². The van der Waals surface area contributed by atoms with E-state index in [0.29, 0.717) is 16.2 Å². The number of nitrogens with zero attached hydrogens (tertiary/aromatic N) is 3. The van der Waals surface area contributed by atoms with Gasteiger partial charge in [0, 0.05) is 16.6 Å². The van der Waals surface area contributed by atoms with Gasteiger partial charge in [0.2, 0.25) is 0 Å². The summed E-state index contributed by atoms with van der Waals surface area (Å²) in [6.45, 7) is 0. The van der Waals surface area contributed by atoms with Gasteiger partial charge in [-0.25, -0.2) is 9.97 Å². The molecule has 3 aromatic rings. The number of nitrogens with one attached hydrogen (secondary N) is 1. The molecule has 0 aliphatic carbocycles. The first-order valence-electron chi connectivity index (χ1n) is 5.96. The lowest BCUT2D eigenvalue weighted by Gasteiger charge is -2.08. The van der Waals surface area contributed by atoms with Gasteiger partial charge in [0.1, 0.15) is 10.8 Å². The second-order valence-electron chi connectivity index (χ2n) is 4.21. The number of carbonyl (C=O) groups is 1. The third kappa shape index (κ3) is 2.94. The summed E-state index contributed by atoms with van der Waals surface area (Å²) in [6.07, 6.45) is 4.26. The fourth-order valence-corrected chi connectivity index (χ4v) is 2.19.